The Morgan fingerprint density at radius 2 is 1.52 bits per heavy atom. The van der Waals surface area contributed by atoms with E-state index in [1.807, 2.05) is 6.92 Å². The van der Waals surface area contributed by atoms with Crippen LogP contribution in [0.3, 0.4) is 0 Å². The van der Waals surface area contributed by atoms with Crippen molar-refractivity contribution in [3.63, 3.8) is 0 Å². The van der Waals surface area contributed by atoms with Crippen molar-refractivity contribution in [3.8, 4) is 0 Å². The highest BCUT2D eigenvalue weighted by Gasteiger charge is 2.24. The third-order valence-corrected chi connectivity index (χ3v) is 4.51. The first-order chi connectivity index (χ1) is 11.9. The topological polar surface area (TPSA) is 0 Å². The molecule has 0 unspecified atom stereocenters. The van der Waals surface area contributed by atoms with E-state index in [4.69, 9.17) is 0 Å². The standard InChI is InChI=1S/C20H17F5/c1-2-3-4-11-7-15(21)18(16(22)8-11)12-5-6-14-13(9-12)10-17(23)20(25)19(14)24/h7-10H,2-6H2,1H3. The van der Waals surface area contributed by atoms with Crippen molar-refractivity contribution in [3.05, 3.63) is 69.5 Å². The van der Waals surface area contributed by atoms with Crippen molar-refractivity contribution in [2.45, 2.75) is 39.0 Å². The summed E-state index contributed by atoms with van der Waals surface area (Å²) >= 11 is 0. The van der Waals surface area contributed by atoms with E-state index in [1.165, 1.54) is 18.2 Å². The molecule has 132 valence electrons. The Balaban J connectivity index is 2.03. The highest BCUT2D eigenvalue weighted by Crippen LogP contribution is 2.35. The summed E-state index contributed by atoms with van der Waals surface area (Å²) in [4.78, 5) is 0. The molecule has 0 N–H and O–H groups in total. The highest BCUT2D eigenvalue weighted by molar-refractivity contribution is 5.85. The Kier molecular flexibility index (Phi) is 4.93. The number of halogens is 5. The van der Waals surface area contributed by atoms with Gasteiger partial charge in [-0.3, -0.25) is 0 Å². The largest absolute Gasteiger partial charge is 0.206 e. The van der Waals surface area contributed by atoms with Crippen molar-refractivity contribution in [1.82, 2.24) is 0 Å². The number of allylic oxidation sites excluding steroid dienone is 1. The molecule has 0 bridgehead atoms. The predicted octanol–water partition coefficient (Wildman–Crippen LogP) is 6.21. The van der Waals surface area contributed by atoms with E-state index in [0.717, 1.165) is 18.9 Å². The molecule has 0 heterocycles. The van der Waals surface area contributed by atoms with Gasteiger partial charge >= 0.3 is 0 Å². The van der Waals surface area contributed by atoms with Gasteiger partial charge in [-0.2, -0.15) is 0 Å². The lowest BCUT2D eigenvalue weighted by molar-refractivity contribution is 0.440. The van der Waals surface area contributed by atoms with E-state index < -0.39 is 29.1 Å². The van der Waals surface area contributed by atoms with E-state index in [1.54, 1.807) is 0 Å². The zero-order valence-electron chi connectivity index (χ0n) is 13.7. The van der Waals surface area contributed by atoms with Gasteiger partial charge in [0, 0.05) is 5.56 Å². The first-order valence-electron chi connectivity index (χ1n) is 8.27. The molecule has 2 aromatic rings. The van der Waals surface area contributed by atoms with Crippen LogP contribution in [0.15, 0.2) is 18.2 Å². The van der Waals surface area contributed by atoms with Crippen LogP contribution in [0, 0.1) is 29.1 Å². The summed E-state index contributed by atoms with van der Waals surface area (Å²) in [7, 11) is 0. The Hall–Kier alpha value is -2.17. The van der Waals surface area contributed by atoms with Gasteiger partial charge < -0.3 is 0 Å². The fourth-order valence-corrected chi connectivity index (χ4v) is 3.21. The maximum Gasteiger partial charge on any atom is 0.194 e. The smallest absolute Gasteiger partial charge is 0.194 e. The van der Waals surface area contributed by atoms with Gasteiger partial charge in [-0.15, -0.1) is 0 Å². The predicted molar refractivity (Wildman–Crippen MR) is 87.5 cm³/mol. The average molecular weight is 352 g/mol. The van der Waals surface area contributed by atoms with Crippen LogP contribution in [0.25, 0.3) is 11.6 Å². The second kappa shape index (κ2) is 6.98. The molecule has 0 amide bonds. The molecule has 0 atom stereocenters. The number of hydrogen-bond donors (Lipinski definition) is 0. The lowest BCUT2D eigenvalue weighted by Crippen LogP contribution is -2.08. The van der Waals surface area contributed by atoms with Crippen LogP contribution < -0.4 is 0 Å². The minimum Gasteiger partial charge on any atom is -0.206 e. The van der Waals surface area contributed by atoms with Gasteiger partial charge in [-0.1, -0.05) is 19.4 Å². The molecule has 0 aliphatic heterocycles. The van der Waals surface area contributed by atoms with Crippen molar-refractivity contribution < 1.29 is 22.0 Å². The maximum atomic E-state index is 14.4. The molecule has 0 radical (unpaired) electrons. The van der Waals surface area contributed by atoms with E-state index in [-0.39, 0.29) is 29.5 Å². The minimum absolute atomic E-state index is 0.0306. The third-order valence-electron chi connectivity index (χ3n) is 4.51. The SMILES string of the molecule is CCCCc1cc(F)c(C2=Cc3cc(F)c(F)c(F)c3CC2)c(F)c1. The van der Waals surface area contributed by atoms with Crippen LogP contribution in [0.5, 0.6) is 0 Å². The fourth-order valence-electron chi connectivity index (χ4n) is 3.21. The summed E-state index contributed by atoms with van der Waals surface area (Å²) in [5.41, 5.74) is 0.858. The third kappa shape index (κ3) is 3.32. The number of rotatable bonds is 4. The van der Waals surface area contributed by atoms with Crippen LogP contribution in [-0.2, 0) is 12.8 Å². The van der Waals surface area contributed by atoms with Gasteiger partial charge in [-0.05, 0) is 66.1 Å². The monoisotopic (exact) mass is 352 g/mol. The quantitative estimate of drug-likeness (QED) is 0.453. The van der Waals surface area contributed by atoms with E-state index in [9.17, 15) is 22.0 Å². The zero-order valence-corrected chi connectivity index (χ0v) is 13.7. The Bertz CT molecular complexity index is 829. The number of benzene rings is 2. The molecular weight excluding hydrogens is 335 g/mol. The number of fused-ring (bicyclic) bond motifs is 1. The van der Waals surface area contributed by atoms with Crippen molar-refractivity contribution in [2.24, 2.45) is 0 Å². The van der Waals surface area contributed by atoms with E-state index >= 15 is 0 Å². The van der Waals surface area contributed by atoms with Crippen LogP contribution in [-0.4, -0.2) is 0 Å². The van der Waals surface area contributed by atoms with E-state index in [0.29, 0.717) is 17.6 Å². The summed E-state index contributed by atoms with van der Waals surface area (Å²) < 4.78 is 69.4. The summed E-state index contributed by atoms with van der Waals surface area (Å²) in [6.07, 6.45) is 3.87. The minimum atomic E-state index is -1.52. The molecule has 0 saturated carbocycles. The number of unbranched alkanes of at least 4 members (excludes halogenated alkanes) is 1. The first-order valence-corrected chi connectivity index (χ1v) is 8.27. The molecule has 0 spiro atoms. The molecule has 1 aliphatic carbocycles. The molecule has 0 saturated heterocycles. The lowest BCUT2D eigenvalue weighted by atomic mass is 9.87. The summed E-state index contributed by atoms with van der Waals surface area (Å²) in [6.45, 7) is 1.99. The van der Waals surface area contributed by atoms with Gasteiger partial charge in [0.2, 0.25) is 0 Å². The first kappa shape index (κ1) is 17.6. The van der Waals surface area contributed by atoms with Gasteiger partial charge in [0.25, 0.3) is 0 Å². The number of hydrogen-bond acceptors (Lipinski definition) is 0. The molecule has 2 aromatic carbocycles. The Morgan fingerprint density at radius 1 is 0.840 bits per heavy atom. The molecule has 3 rings (SSSR count). The average Bonchev–Trinajstić information content (AvgIpc) is 2.57. The second-order valence-corrected chi connectivity index (χ2v) is 6.26. The summed E-state index contributed by atoms with van der Waals surface area (Å²) in [5, 5.41) is 0. The van der Waals surface area contributed by atoms with Crippen molar-refractivity contribution in [1.29, 1.82) is 0 Å². The van der Waals surface area contributed by atoms with Gasteiger partial charge in [-0.25, -0.2) is 22.0 Å². The maximum absolute atomic E-state index is 14.4. The van der Waals surface area contributed by atoms with Crippen molar-refractivity contribution in [2.75, 3.05) is 0 Å². The van der Waals surface area contributed by atoms with Gasteiger partial charge in [0.1, 0.15) is 11.6 Å². The molecular formula is C20H17F5. The molecule has 5 heteroatoms. The van der Waals surface area contributed by atoms with Crippen LogP contribution >= 0.6 is 0 Å². The summed E-state index contributed by atoms with van der Waals surface area (Å²) in [6, 6.07) is 3.46. The zero-order chi connectivity index (χ0) is 18.1. The Morgan fingerprint density at radius 3 is 2.16 bits per heavy atom. The number of aryl methyl sites for hydroxylation is 1. The fraction of sp³-hybridized carbons (Fsp3) is 0.300. The van der Waals surface area contributed by atoms with E-state index in [2.05, 4.69) is 0 Å². The molecule has 1 aliphatic rings. The lowest BCUT2D eigenvalue weighted by Gasteiger charge is -2.19. The molecule has 25 heavy (non-hydrogen) atoms. The molecule has 0 nitrogen and oxygen atoms in total. The summed E-state index contributed by atoms with van der Waals surface area (Å²) in [5.74, 6) is -5.45. The molecule has 0 fully saturated rings. The van der Waals surface area contributed by atoms with Crippen LogP contribution in [0.4, 0.5) is 22.0 Å². The van der Waals surface area contributed by atoms with Crippen molar-refractivity contribution >= 4 is 11.6 Å². The van der Waals surface area contributed by atoms with Crippen LogP contribution in [0.1, 0.15) is 48.4 Å². The van der Waals surface area contributed by atoms with Crippen LogP contribution in [0.2, 0.25) is 0 Å². The molecule has 0 aromatic heterocycles. The normalized spacial score (nSPS) is 13.6. The highest BCUT2D eigenvalue weighted by atomic mass is 19.2. The van der Waals surface area contributed by atoms with Gasteiger partial charge in [0.05, 0.1) is 0 Å². The Labute approximate surface area is 143 Å². The second-order valence-electron chi connectivity index (χ2n) is 6.26. The van der Waals surface area contributed by atoms with Gasteiger partial charge in [0.15, 0.2) is 17.5 Å².